The number of piperidine rings is 2. The number of nitrogens with one attached hydrogen (secondary N) is 2. The van der Waals surface area contributed by atoms with Crippen LogP contribution in [0.4, 0.5) is 10.1 Å². The van der Waals surface area contributed by atoms with Crippen LogP contribution in [0.15, 0.2) is 18.2 Å². The average Bonchev–Trinajstić information content (AvgIpc) is 2.52. The molecule has 1 aromatic carbocycles. The van der Waals surface area contributed by atoms with E-state index in [1.165, 1.54) is 6.07 Å². The fraction of sp³-hybridized carbons (Fsp3) is 0.500. The largest absolute Gasteiger partial charge is 0.317 e. The molecule has 0 atom stereocenters. The van der Waals surface area contributed by atoms with Crippen molar-refractivity contribution in [2.24, 2.45) is 0 Å². The van der Waals surface area contributed by atoms with Crippen molar-refractivity contribution in [3.05, 3.63) is 29.6 Å². The molecular formula is C16H21ClFN3O2. The standard InChI is InChI=1S/C16H20FN3O2.ClH/c17-14-10-12(19-20-15(21)2-1-3-16(20)22)4-5-13(14)11-6-8-18-9-7-11;/h4-5,10-11,18-19H,1-3,6-9H2;1H. The third-order valence-electron chi connectivity index (χ3n) is 4.30. The van der Waals surface area contributed by atoms with Crippen LogP contribution in [0, 0.1) is 5.82 Å². The summed E-state index contributed by atoms with van der Waals surface area (Å²) in [5.41, 5.74) is 3.87. The summed E-state index contributed by atoms with van der Waals surface area (Å²) >= 11 is 0. The molecule has 5 nitrogen and oxygen atoms in total. The molecule has 2 aliphatic rings. The Kier molecular flexibility index (Phi) is 5.96. The van der Waals surface area contributed by atoms with Crippen LogP contribution in [0.5, 0.6) is 0 Å². The zero-order valence-corrected chi connectivity index (χ0v) is 13.6. The van der Waals surface area contributed by atoms with Crippen molar-refractivity contribution < 1.29 is 14.0 Å². The number of rotatable bonds is 3. The number of halogens is 2. The van der Waals surface area contributed by atoms with E-state index in [0.717, 1.165) is 30.9 Å². The Morgan fingerprint density at radius 1 is 1.13 bits per heavy atom. The van der Waals surface area contributed by atoms with Gasteiger partial charge in [0, 0.05) is 12.8 Å². The molecule has 7 heteroatoms. The van der Waals surface area contributed by atoms with Crippen molar-refractivity contribution in [3.8, 4) is 0 Å². The van der Waals surface area contributed by atoms with Crippen molar-refractivity contribution in [1.29, 1.82) is 0 Å². The molecule has 0 radical (unpaired) electrons. The molecule has 0 spiro atoms. The number of carbonyl (C=O) groups is 2. The summed E-state index contributed by atoms with van der Waals surface area (Å²) in [4.78, 5) is 23.5. The lowest BCUT2D eigenvalue weighted by Gasteiger charge is -2.27. The number of hydrogen-bond donors (Lipinski definition) is 2. The van der Waals surface area contributed by atoms with E-state index in [9.17, 15) is 14.0 Å². The first kappa shape index (κ1) is 17.7. The number of hydrogen-bond acceptors (Lipinski definition) is 4. The van der Waals surface area contributed by atoms with Crippen LogP contribution in [0.3, 0.4) is 0 Å². The van der Waals surface area contributed by atoms with Gasteiger partial charge in [0.15, 0.2) is 0 Å². The van der Waals surface area contributed by atoms with E-state index in [-0.39, 0.29) is 36.0 Å². The lowest BCUT2D eigenvalue weighted by Crippen LogP contribution is -2.44. The highest BCUT2D eigenvalue weighted by molar-refractivity contribution is 5.98. The van der Waals surface area contributed by atoms with Gasteiger partial charge in [0.1, 0.15) is 5.82 Å². The number of nitrogens with zero attached hydrogens (tertiary/aromatic N) is 1. The summed E-state index contributed by atoms with van der Waals surface area (Å²) in [6.45, 7) is 1.81. The van der Waals surface area contributed by atoms with Crippen LogP contribution in [0.2, 0.25) is 0 Å². The molecule has 2 aliphatic heterocycles. The molecule has 2 fully saturated rings. The quantitative estimate of drug-likeness (QED) is 0.830. The number of imide groups is 1. The van der Waals surface area contributed by atoms with Crippen molar-refractivity contribution in [1.82, 2.24) is 10.3 Å². The Morgan fingerprint density at radius 2 is 1.78 bits per heavy atom. The first-order valence-electron chi connectivity index (χ1n) is 7.78. The molecule has 2 amide bonds. The molecule has 0 aliphatic carbocycles. The third kappa shape index (κ3) is 4.00. The van der Waals surface area contributed by atoms with E-state index in [1.807, 2.05) is 0 Å². The van der Waals surface area contributed by atoms with Gasteiger partial charge in [-0.25, -0.2) is 4.39 Å². The predicted octanol–water partition coefficient (Wildman–Crippen LogP) is 2.58. The molecular weight excluding hydrogens is 321 g/mol. The number of benzene rings is 1. The highest BCUT2D eigenvalue weighted by Crippen LogP contribution is 2.29. The van der Waals surface area contributed by atoms with Crippen molar-refractivity contribution in [2.45, 2.75) is 38.0 Å². The monoisotopic (exact) mass is 341 g/mol. The topological polar surface area (TPSA) is 61.4 Å². The highest BCUT2D eigenvalue weighted by atomic mass is 35.5. The smallest absolute Gasteiger partial charge is 0.248 e. The van der Waals surface area contributed by atoms with E-state index in [2.05, 4.69) is 10.7 Å². The Hall–Kier alpha value is -1.66. The maximum Gasteiger partial charge on any atom is 0.248 e. The second-order valence-electron chi connectivity index (χ2n) is 5.85. The fourth-order valence-corrected chi connectivity index (χ4v) is 3.07. The van der Waals surface area contributed by atoms with E-state index < -0.39 is 0 Å². The summed E-state index contributed by atoms with van der Waals surface area (Å²) in [7, 11) is 0. The van der Waals surface area contributed by atoms with Gasteiger partial charge in [-0.15, -0.1) is 12.4 Å². The zero-order chi connectivity index (χ0) is 15.5. The Bertz CT molecular complexity index is 575. The molecule has 3 rings (SSSR count). The van der Waals surface area contributed by atoms with Crippen LogP contribution in [0.1, 0.15) is 43.6 Å². The Balaban J connectivity index is 0.00000192. The van der Waals surface area contributed by atoms with Crippen LogP contribution < -0.4 is 10.7 Å². The van der Waals surface area contributed by atoms with Crippen LogP contribution >= 0.6 is 12.4 Å². The van der Waals surface area contributed by atoms with E-state index in [1.54, 1.807) is 12.1 Å². The van der Waals surface area contributed by atoms with E-state index >= 15 is 0 Å². The molecule has 23 heavy (non-hydrogen) atoms. The zero-order valence-electron chi connectivity index (χ0n) is 12.8. The van der Waals surface area contributed by atoms with Gasteiger partial charge in [-0.05, 0) is 56.0 Å². The first-order chi connectivity index (χ1) is 10.6. The van der Waals surface area contributed by atoms with Gasteiger partial charge in [0.05, 0.1) is 5.69 Å². The molecule has 0 aromatic heterocycles. The van der Waals surface area contributed by atoms with E-state index in [0.29, 0.717) is 30.5 Å². The minimum absolute atomic E-state index is 0. The molecule has 2 saturated heterocycles. The van der Waals surface area contributed by atoms with Crippen LogP contribution in [-0.4, -0.2) is 29.9 Å². The van der Waals surface area contributed by atoms with Gasteiger partial charge in [-0.2, -0.15) is 5.01 Å². The minimum atomic E-state index is -0.284. The lowest BCUT2D eigenvalue weighted by molar-refractivity contribution is -0.146. The van der Waals surface area contributed by atoms with Gasteiger partial charge < -0.3 is 5.32 Å². The molecule has 2 heterocycles. The van der Waals surface area contributed by atoms with Gasteiger partial charge >= 0.3 is 0 Å². The van der Waals surface area contributed by atoms with Crippen molar-refractivity contribution in [3.63, 3.8) is 0 Å². The average molecular weight is 342 g/mol. The molecule has 0 saturated carbocycles. The van der Waals surface area contributed by atoms with Crippen molar-refractivity contribution in [2.75, 3.05) is 18.5 Å². The predicted molar refractivity (Wildman–Crippen MR) is 87.8 cm³/mol. The number of amides is 2. The second-order valence-corrected chi connectivity index (χ2v) is 5.85. The van der Waals surface area contributed by atoms with Crippen LogP contribution in [0.25, 0.3) is 0 Å². The Morgan fingerprint density at radius 3 is 2.39 bits per heavy atom. The van der Waals surface area contributed by atoms with Gasteiger partial charge in [-0.1, -0.05) is 6.07 Å². The van der Waals surface area contributed by atoms with Gasteiger partial charge in [-0.3, -0.25) is 15.0 Å². The van der Waals surface area contributed by atoms with E-state index in [4.69, 9.17) is 0 Å². The maximum atomic E-state index is 14.3. The summed E-state index contributed by atoms with van der Waals surface area (Å²) < 4.78 is 14.3. The minimum Gasteiger partial charge on any atom is -0.317 e. The van der Waals surface area contributed by atoms with Crippen LogP contribution in [-0.2, 0) is 9.59 Å². The lowest BCUT2D eigenvalue weighted by atomic mass is 9.90. The normalized spacial score (nSPS) is 19.4. The number of carbonyl (C=O) groups excluding carboxylic acids is 2. The van der Waals surface area contributed by atoms with Crippen molar-refractivity contribution >= 4 is 29.9 Å². The van der Waals surface area contributed by atoms with Gasteiger partial charge in [0.25, 0.3) is 0 Å². The summed E-state index contributed by atoms with van der Waals surface area (Å²) in [5.74, 6) is -0.583. The highest BCUT2D eigenvalue weighted by Gasteiger charge is 2.26. The summed E-state index contributed by atoms with van der Waals surface area (Å²) in [6.07, 6.45) is 3.11. The number of hydrazine groups is 1. The fourth-order valence-electron chi connectivity index (χ4n) is 3.07. The molecule has 2 N–H and O–H groups in total. The molecule has 0 bridgehead atoms. The molecule has 126 valence electrons. The second kappa shape index (κ2) is 7.75. The maximum absolute atomic E-state index is 14.3. The Labute approximate surface area is 141 Å². The molecule has 1 aromatic rings. The first-order valence-corrected chi connectivity index (χ1v) is 7.78. The third-order valence-corrected chi connectivity index (χ3v) is 4.30. The number of anilines is 1. The SMILES string of the molecule is Cl.O=C1CCCC(=O)N1Nc1ccc(C2CCNCC2)c(F)c1. The van der Waals surface area contributed by atoms with Gasteiger partial charge in [0.2, 0.25) is 11.8 Å². The summed E-state index contributed by atoms with van der Waals surface area (Å²) in [6, 6.07) is 4.86. The summed E-state index contributed by atoms with van der Waals surface area (Å²) in [5, 5.41) is 4.27. The molecule has 0 unspecified atom stereocenters.